The summed E-state index contributed by atoms with van der Waals surface area (Å²) in [7, 11) is -3.92. The van der Waals surface area contributed by atoms with Gasteiger partial charge in [0, 0.05) is 16.6 Å². The fourth-order valence-corrected chi connectivity index (χ4v) is 4.69. The molecule has 0 aliphatic heterocycles. The van der Waals surface area contributed by atoms with Gasteiger partial charge in [0.2, 0.25) is 15.9 Å². The molecule has 3 aromatic rings. The smallest absolute Gasteiger partial charge is 0.243 e. The maximum absolute atomic E-state index is 13.3. The molecule has 0 radical (unpaired) electrons. The van der Waals surface area contributed by atoms with E-state index in [1.165, 1.54) is 24.3 Å². The zero-order chi connectivity index (χ0) is 22.4. The summed E-state index contributed by atoms with van der Waals surface area (Å²) < 4.78 is 27.7. The predicted molar refractivity (Wildman–Crippen MR) is 123 cm³/mol. The Hall–Kier alpha value is -2.38. The van der Waals surface area contributed by atoms with E-state index in [0.717, 1.165) is 15.4 Å². The molecular weight excluding hydrogens is 455 g/mol. The Morgan fingerprint density at radius 1 is 0.903 bits per heavy atom. The highest BCUT2D eigenvalue weighted by atomic mass is 35.5. The molecule has 0 heterocycles. The highest BCUT2D eigenvalue weighted by molar-refractivity contribution is 7.89. The minimum Gasteiger partial charge on any atom is -0.348 e. The van der Waals surface area contributed by atoms with Crippen LogP contribution in [-0.2, 0) is 21.4 Å². The van der Waals surface area contributed by atoms with Gasteiger partial charge >= 0.3 is 0 Å². The molecule has 0 saturated heterocycles. The van der Waals surface area contributed by atoms with Crippen LogP contribution in [0.2, 0.25) is 10.0 Å². The van der Waals surface area contributed by atoms with Crippen molar-refractivity contribution in [3.05, 3.63) is 100 Å². The van der Waals surface area contributed by atoms with Gasteiger partial charge < -0.3 is 5.32 Å². The first-order valence-electron chi connectivity index (χ1n) is 9.60. The fraction of sp³-hybridized carbons (Fsp3) is 0.174. The third kappa shape index (κ3) is 6.31. The van der Waals surface area contributed by atoms with E-state index in [9.17, 15) is 13.2 Å². The number of carbonyl (C=O) groups excluding carboxylic acids is 1. The Balaban J connectivity index is 1.81. The summed E-state index contributed by atoms with van der Waals surface area (Å²) in [5, 5.41) is 3.89. The predicted octanol–water partition coefficient (Wildman–Crippen LogP) is 5.06. The number of carbonyl (C=O) groups is 1. The third-order valence-corrected chi connectivity index (χ3v) is 7.03. The monoisotopic (exact) mass is 476 g/mol. The minimum absolute atomic E-state index is 0.0640. The Kier molecular flexibility index (Phi) is 7.73. The number of nitrogens with zero attached hydrogens (tertiary/aromatic N) is 1. The maximum atomic E-state index is 13.3. The number of hydrogen-bond donors (Lipinski definition) is 1. The number of nitrogens with one attached hydrogen (secondary N) is 1. The largest absolute Gasteiger partial charge is 0.348 e. The van der Waals surface area contributed by atoms with Crippen molar-refractivity contribution in [1.82, 2.24) is 9.62 Å². The number of amides is 1. The van der Waals surface area contributed by atoms with E-state index in [1.54, 1.807) is 12.1 Å². The molecule has 0 aliphatic rings. The Morgan fingerprint density at radius 3 is 2.03 bits per heavy atom. The molecule has 8 heteroatoms. The summed E-state index contributed by atoms with van der Waals surface area (Å²) in [6.45, 7) is 1.57. The molecule has 3 rings (SSSR count). The van der Waals surface area contributed by atoms with Crippen LogP contribution in [0.4, 0.5) is 0 Å². The second-order valence-electron chi connectivity index (χ2n) is 7.05. The van der Waals surface area contributed by atoms with Crippen molar-refractivity contribution in [3.63, 3.8) is 0 Å². The van der Waals surface area contributed by atoms with Gasteiger partial charge in [-0.05, 0) is 54.4 Å². The summed E-state index contributed by atoms with van der Waals surface area (Å²) in [5.74, 6) is -0.407. The van der Waals surface area contributed by atoms with Gasteiger partial charge in [0.15, 0.2) is 0 Å². The summed E-state index contributed by atoms with van der Waals surface area (Å²) >= 11 is 11.8. The standard InChI is InChI=1S/C23H22Cl2N2O3S/c1-17(19-7-9-20(24)10-8-19)26-23(28)16-27(15-18-5-3-2-4-6-18)31(29,30)22-13-11-21(25)12-14-22/h2-14,17H,15-16H2,1H3,(H,26,28). The van der Waals surface area contributed by atoms with Crippen LogP contribution in [0.1, 0.15) is 24.1 Å². The first-order valence-corrected chi connectivity index (χ1v) is 11.8. The normalized spacial score (nSPS) is 12.5. The van der Waals surface area contributed by atoms with E-state index in [0.29, 0.717) is 10.0 Å². The lowest BCUT2D eigenvalue weighted by Gasteiger charge is -2.23. The van der Waals surface area contributed by atoms with Crippen LogP contribution >= 0.6 is 23.2 Å². The lowest BCUT2D eigenvalue weighted by atomic mass is 10.1. The quantitative estimate of drug-likeness (QED) is 0.493. The van der Waals surface area contributed by atoms with Crippen molar-refractivity contribution in [1.29, 1.82) is 0 Å². The molecule has 0 fully saturated rings. The van der Waals surface area contributed by atoms with Crippen LogP contribution in [0.5, 0.6) is 0 Å². The molecule has 162 valence electrons. The van der Waals surface area contributed by atoms with E-state index < -0.39 is 15.9 Å². The highest BCUT2D eigenvalue weighted by Gasteiger charge is 2.27. The second kappa shape index (κ2) is 10.3. The van der Waals surface area contributed by atoms with Gasteiger partial charge in [0.1, 0.15) is 0 Å². The number of benzene rings is 3. The van der Waals surface area contributed by atoms with Crippen molar-refractivity contribution in [2.24, 2.45) is 0 Å². The van der Waals surface area contributed by atoms with Gasteiger partial charge in [-0.3, -0.25) is 4.79 Å². The molecule has 31 heavy (non-hydrogen) atoms. The molecular formula is C23H22Cl2N2O3S. The summed E-state index contributed by atoms with van der Waals surface area (Å²) in [6.07, 6.45) is 0. The summed E-state index contributed by atoms with van der Waals surface area (Å²) in [6, 6.07) is 21.8. The zero-order valence-electron chi connectivity index (χ0n) is 16.8. The molecule has 0 saturated carbocycles. The fourth-order valence-electron chi connectivity index (χ4n) is 3.05. The SMILES string of the molecule is CC(NC(=O)CN(Cc1ccccc1)S(=O)(=O)c1ccc(Cl)cc1)c1ccc(Cl)cc1. The van der Waals surface area contributed by atoms with Gasteiger partial charge in [-0.2, -0.15) is 4.31 Å². The van der Waals surface area contributed by atoms with E-state index >= 15 is 0 Å². The average Bonchev–Trinajstić information content (AvgIpc) is 2.74. The van der Waals surface area contributed by atoms with Gasteiger partial charge in [-0.25, -0.2) is 8.42 Å². The van der Waals surface area contributed by atoms with Crippen LogP contribution in [0.25, 0.3) is 0 Å². The average molecular weight is 477 g/mol. The van der Waals surface area contributed by atoms with Crippen LogP contribution in [0.15, 0.2) is 83.8 Å². The lowest BCUT2D eigenvalue weighted by molar-refractivity contribution is -0.122. The summed E-state index contributed by atoms with van der Waals surface area (Å²) in [5.41, 5.74) is 1.64. The molecule has 1 atom stereocenters. The zero-order valence-corrected chi connectivity index (χ0v) is 19.2. The van der Waals surface area contributed by atoms with E-state index in [2.05, 4.69) is 5.32 Å². The Labute approximate surface area is 192 Å². The van der Waals surface area contributed by atoms with Gasteiger partial charge in [-0.1, -0.05) is 65.7 Å². The van der Waals surface area contributed by atoms with E-state index in [1.807, 2.05) is 49.4 Å². The number of hydrogen-bond acceptors (Lipinski definition) is 3. The molecule has 1 N–H and O–H groups in total. The van der Waals surface area contributed by atoms with E-state index in [4.69, 9.17) is 23.2 Å². The molecule has 5 nitrogen and oxygen atoms in total. The Bertz CT molecular complexity index is 1120. The van der Waals surface area contributed by atoms with Crippen molar-refractivity contribution in [2.75, 3.05) is 6.54 Å². The molecule has 0 aromatic heterocycles. The molecule has 0 aliphatic carbocycles. The van der Waals surface area contributed by atoms with Crippen LogP contribution < -0.4 is 5.32 Å². The van der Waals surface area contributed by atoms with Crippen LogP contribution in [0.3, 0.4) is 0 Å². The van der Waals surface area contributed by atoms with Crippen molar-refractivity contribution >= 4 is 39.1 Å². The highest BCUT2D eigenvalue weighted by Crippen LogP contribution is 2.21. The first kappa shape index (κ1) is 23.3. The summed E-state index contributed by atoms with van der Waals surface area (Å²) in [4.78, 5) is 12.8. The molecule has 1 amide bonds. The van der Waals surface area contributed by atoms with E-state index in [-0.39, 0.29) is 24.0 Å². The van der Waals surface area contributed by atoms with Crippen molar-refractivity contribution < 1.29 is 13.2 Å². The number of rotatable bonds is 8. The van der Waals surface area contributed by atoms with Crippen LogP contribution in [0, 0.1) is 0 Å². The number of halogens is 2. The lowest BCUT2D eigenvalue weighted by Crippen LogP contribution is -2.41. The topological polar surface area (TPSA) is 66.5 Å². The maximum Gasteiger partial charge on any atom is 0.243 e. The van der Waals surface area contributed by atoms with Crippen molar-refractivity contribution in [3.8, 4) is 0 Å². The van der Waals surface area contributed by atoms with Gasteiger partial charge in [0.25, 0.3) is 0 Å². The molecule has 1 unspecified atom stereocenters. The molecule has 0 bridgehead atoms. The Morgan fingerprint density at radius 2 is 1.45 bits per heavy atom. The molecule has 0 spiro atoms. The van der Waals surface area contributed by atoms with Crippen LogP contribution in [-0.4, -0.2) is 25.2 Å². The van der Waals surface area contributed by atoms with Gasteiger partial charge in [-0.15, -0.1) is 0 Å². The first-order chi connectivity index (χ1) is 14.8. The second-order valence-corrected chi connectivity index (χ2v) is 9.86. The minimum atomic E-state index is -3.92. The van der Waals surface area contributed by atoms with Gasteiger partial charge in [0.05, 0.1) is 17.5 Å². The number of sulfonamides is 1. The third-order valence-electron chi connectivity index (χ3n) is 4.72. The van der Waals surface area contributed by atoms with Crippen molar-refractivity contribution in [2.45, 2.75) is 24.4 Å². The molecule has 3 aromatic carbocycles.